The quantitative estimate of drug-likeness (QED) is 0.853. The van der Waals surface area contributed by atoms with Gasteiger partial charge in [0.2, 0.25) is 0 Å². The first-order valence-corrected chi connectivity index (χ1v) is 8.37. The molecule has 1 aliphatic rings. The molecule has 0 bridgehead atoms. The Balaban J connectivity index is 2.26. The smallest absolute Gasteiger partial charge is 0.175 e. The molecule has 106 valence electrons. The van der Waals surface area contributed by atoms with Crippen molar-refractivity contribution in [3.63, 3.8) is 0 Å². The first kappa shape index (κ1) is 9.94. The molecule has 1 aliphatic heterocycles. The number of hydrogen-bond donors (Lipinski definition) is 0. The second-order valence-corrected chi connectivity index (χ2v) is 7.01. The molecule has 1 saturated heterocycles. The highest BCUT2D eigenvalue weighted by Crippen LogP contribution is 2.28. The summed E-state index contributed by atoms with van der Waals surface area (Å²) in [6.07, 6.45) is 0.795. The Morgan fingerprint density at radius 1 is 1.47 bits per heavy atom. The zero-order chi connectivity index (χ0) is 17.5. The lowest BCUT2D eigenvalue weighted by atomic mass is 9.90. The van der Waals surface area contributed by atoms with Gasteiger partial charge >= 0.3 is 0 Å². The van der Waals surface area contributed by atoms with Crippen LogP contribution in [-0.4, -0.2) is 39.2 Å². The molecular weight excluding hydrogens is 258 g/mol. The van der Waals surface area contributed by atoms with Crippen LogP contribution in [0.15, 0.2) is 29.2 Å². The summed E-state index contributed by atoms with van der Waals surface area (Å²) in [5, 5.41) is 0. The minimum atomic E-state index is -3.28. The second kappa shape index (κ2) is 6.06. The number of nitrogens with zero attached hydrogens (tertiary/aromatic N) is 1. The van der Waals surface area contributed by atoms with Crippen molar-refractivity contribution in [1.29, 1.82) is 0 Å². The molecule has 0 spiro atoms. The molecule has 0 saturated carbocycles. The van der Waals surface area contributed by atoms with E-state index in [0.29, 0.717) is 13.1 Å². The molecule has 0 radical (unpaired) electrons. The molecular formula is C15H23NO2S. The lowest BCUT2D eigenvalue weighted by Crippen LogP contribution is -2.34. The largest absolute Gasteiger partial charge is 0.303 e. The van der Waals surface area contributed by atoms with Gasteiger partial charge in [0.15, 0.2) is 9.84 Å². The SMILES string of the molecule is [2H]C([2H])(C)C([2H])([2H])N1CCCC(c2cccc(S(C)(=O)=O)c2)C1. The van der Waals surface area contributed by atoms with Gasteiger partial charge in [-0.25, -0.2) is 8.42 Å². The van der Waals surface area contributed by atoms with E-state index in [1.54, 1.807) is 18.2 Å². The fourth-order valence-electron chi connectivity index (χ4n) is 2.51. The van der Waals surface area contributed by atoms with Crippen LogP contribution in [0.2, 0.25) is 0 Å². The van der Waals surface area contributed by atoms with Crippen LogP contribution in [-0.2, 0) is 9.84 Å². The van der Waals surface area contributed by atoms with Crippen molar-refractivity contribution in [3.8, 4) is 0 Å². The summed E-state index contributed by atoms with van der Waals surface area (Å²) >= 11 is 0. The van der Waals surface area contributed by atoms with Gasteiger partial charge in [-0.2, -0.15) is 0 Å². The average Bonchev–Trinajstić information content (AvgIpc) is 2.45. The zero-order valence-electron chi connectivity index (χ0n) is 15.4. The summed E-state index contributed by atoms with van der Waals surface area (Å²) in [4.78, 5) is 1.80. The Labute approximate surface area is 122 Å². The summed E-state index contributed by atoms with van der Waals surface area (Å²) in [5.74, 6) is 0.00266. The van der Waals surface area contributed by atoms with E-state index in [1.165, 1.54) is 18.1 Å². The molecule has 0 amide bonds. The Morgan fingerprint density at radius 2 is 2.26 bits per heavy atom. The maximum Gasteiger partial charge on any atom is 0.175 e. The molecule has 1 atom stereocenters. The highest BCUT2D eigenvalue weighted by molar-refractivity contribution is 7.90. The van der Waals surface area contributed by atoms with Crippen LogP contribution >= 0.6 is 0 Å². The van der Waals surface area contributed by atoms with Crippen molar-refractivity contribution in [2.45, 2.75) is 37.0 Å². The lowest BCUT2D eigenvalue weighted by molar-refractivity contribution is 0.208. The summed E-state index contributed by atoms with van der Waals surface area (Å²) in [5.41, 5.74) is 0.866. The number of benzene rings is 1. The fraction of sp³-hybridized carbons (Fsp3) is 0.600. The van der Waals surface area contributed by atoms with Gasteiger partial charge in [-0.15, -0.1) is 0 Å². The van der Waals surface area contributed by atoms with E-state index < -0.39 is 22.7 Å². The highest BCUT2D eigenvalue weighted by atomic mass is 32.2. The van der Waals surface area contributed by atoms with Gasteiger partial charge in [-0.3, -0.25) is 0 Å². The third-order valence-electron chi connectivity index (χ3n) is 3.45. The molecule has 1 aromatic rings. The molecule has 19 heavy (non-hydrogen) atoms. The summed E-state index contributed by atoms with van der Waals surface area (Å²) < 4.78 is 55.0. The number of hydrogen-bond acceptors (Lipinski definition) is 3. The normalized spacial score (nSPS) is 26.1. The van der Waals surface area contributed by atoms with Crippen molar-refractivity contribution >= 4 is 9.84 Å². The minimum absolute atomic E-state index is 0.00266. The molecule has 0 N–H and O–H groups in total. The third-order valence-corrected chi connectivity index (χ3v) is 4.56. The van der Waals surface area contributed by atoms with Crippen molar-refractivity contribution < 1.29 is 13.9 Å². The molecule has 4 heteroatoms. The van der Waals surface area contributed by atoms with Crippen LogP contribution in [0.3, 0.4) is 0 Å². The highest BCUT2D eigenvalue weighted by Gasteiger charge is 2.21. The molecule has 3 nitrogen and oxygen atoms in total. The molecule has 1 heterocycles. The second-order valence-electron chi connectivity index (χ2n) is 4.99. The Hall–Kier alpha value is -0.870. The monoisotopic (exact) mass is 285 g/mol. The minimum Gasteiger partial charge on any atom is -0.303 e. The first-order chi connectivity index (χ1) is 10.4. The Morgan fingerprint density at radius 3 is 2.95 bits per heavy atom. The average molecular weight is 285 g/mol. The standard InChI is InChI=1S/C15H23NO2S/c1-3-9-16-10-5-7-14(12-16)13-6-4-8-15(11-13)19(2,17)18/h4,6,8,11,14H,3,5,7,9-10,12H2,1-2H3/i3D2,9D2. The van der Waals surface area contributed by atoms with E-state index in [2.05, 4.69) is 0 Å². The fourth-order valence-corrected chi connectivity index (χ4v) is 3.18. The van der Waals surface area contributed by atoms with Crippen LogP contribution in [0.4, 0.5) is 0 Å². The number of piperidine rings is 1. The van der Waals surface area contributed by atoms with Crippen molar-refractivity contribution in [1.82, 2.24) is 4.90 Å². The topological polar surface area (TPSA) is 37.4 Å². The van der Waals surface area contributed by atoms with E-state index in [9.17, 15) is 8.42 Å². The number of sulfone groups is 1. The molecule has 0 aromatic heterocycles. The van der Waals surface area contributed by atoms with Gasteiger partial charge in [0.25, 0.3) is 0 Å². The molecule has 1 aromatic carbocycles. The Kier molecular flexibility index (Phi) is 3.17. The van der Waals surface area contributed by atoms with Crippen LogP contribution in [0.25, 0.3) is 0 Å². The first-order valence-electron chi connectivity index (χ1n) is 8.48. The summed E-state index contributed by atoms with van der Waals surface area (Å²) in [6.45, 7) is 0.0805. The van der Waals surface area contributed by atoms with E-state index in [4.69, 9.17) is 5.48 Å². The van der Waals surface area contributed by atoms with Gasteiger partial charge in [-0.1, -0.05) is 19.1 Å². The van der Waals surface area contributed by atoms with Crippen LogP contribution in [0.1, 0.15) is 43.1 Å². The summed E-state index contributed by atoms with van der Waals surface area (Å²) in [7, 11) is -3.28. The summed E-state index contributed by atoms with van der Waals surface area (Å²) in [6, 6.07) is 6.78. The molecule has 1 unspecified atom stereocenters. The molecule has 2 rings (SSSR count). The number of likely N-dealkylation sites (tertiary alicyclic amines) is 1. The van der Waals surface area contributed by atoms with Crippen LogP contribution in [0, 0.1) is 0 Å². The van der Waals surface area contributed by atoms with E-state index >= 15 is 0 Å². The maximum atomic E-state index is 11.7. The van der Waals surface area contributed by atoms with Crippen molar-refractivity contribution in [2.75, 3.05) is 25.8 Å². The van der Waals surface area contributed by atoms with Crippen LogP contribution in [0.5, 0.6) is 0 Å². The third kappa shape index (κ3) is 3.80. The zero-order valence-corrected chi connectivity index (χ0v) is 12.2. The Bertz CT molecular complexity index is 670. The lowest BCUT2D eigenvalue weighted by Gasteiger charge is -2.32. The predicted octanol–water partition coefficient (Wildman–Crippen LogP) is 2.68. The number of rotatable bonds is 4. The van der Waals surface area contributed by atoms with Gasteiger partial charge in [-0.05, 0) is 55.9 Å². The maximum absolute atomic E-state index is 11.7. The van der Waals surface area contributed by atoms with E-state index in [0.717, 1.165) is 18.4 Å². The van der Waals surface area contributed by atoms with Gasteiger partial charge < -0.3 is 4.90 Å². The van der Waals surface area contributed by atoms with Gasteiger partial charge in [0.05, 0.1) is 4.90 Å². The van der Waals surface area contributed by atoms with E-state index in [-0.39, 0.29) is 10.8 Å². The molecule has 1 fully saturated rings. The predicted molar refractivity (Wildman–Crippen MR) is 78.3 cm³/mol. The van der Waals surface area contributed by atoms with Crippen molar-refractivity contribution in [2.24, 2.45) is 0 Å². The van der Waals surface area contributed by atoms with Gasteiger partial charge in [0, 0.05) is 18.3 Å². The van der Waals surface area contributed by atoms with Crippen molar-refractivity contribution in [3.05, 3.63) is 29.8 Å². The van der Waals surface area contributed by atoms with Crippen LogP contribution < -0.4 is 0 Å². The molecule has 0 aliphatic carbocycles. The van der Waals surface area contributed by atoms with Gasteiger partial charge in [0.1, 0.15) is 0 Å². The van der Waals surface area contributed by atoms with E-state index in [1.807, 2.05) is 6.07 Å².